The molecule has 0 aliphatic rings. The van der Waals surface area contributed by atoms with Gasteiger partial charge in [0.05, 0.1) is 6.54 Å². The van der Waals surface area contributed by atoms with E-state index in [1.165, 1.54) is 11.3 Å². The summed E-state index contributed by atoms with van der Waals surface area (Å²) in [5.74, 6) is 0. The Hall–Kier alpha value is -1.56. The Morgan fingerprint density at radius 3 is 2.86 bits per heavy atom. The number of rotatable bonds is 4. The van der Waals surface area contributed by atoms with Crippen molar-refractivity contribution in [3.63, 3.8) is 0 Å². The quantitative estimate of drug-likeness (QED) is 0.802. The number of benzene rings is 1. The molecule has 2 aromatic rings. The van der Waals surface area contributed by atoms with E-state index in [1.54, 1.807) is 25.1 Å². The normalized spacial score (nSPS) is 13.5. The molecule has 112 valence electrons. The highest BCUT2D eigenvalue weighted by Crippen LogP contribution is 2.24. The molecular formula is C15H17ClN2O2S. The molecule has 0 radical (unpaired) electrons. The van der Waals surface area contributed by atoms with Gasteiger partial charge in [0.1, 0.15) is 5.60 Å². The molecule has 0 fully saturated rings. The highest BCUT2D eigenvalue weighted by atomic mass is 35.5. The maximum absolute atomic E-state index is 11.9. The van der Waals surface area contributed by atoms with Crippen LogP contribution in [0, 0.1) is 6.92 Å². The van der Waals surface area contributed by atoms with Crippen LogP contribution in [-0.2, 0) is 5.60 Å². The van der Waals surface area contributed by atoms with Crippen molar-refractivity contribution in [1.82, 2.24) is 5.32 Å². The van der Waals surface area contributed by atoms with Crippen LogP contribution in [0.5, 0.6) is 0 Å². The Labute approximate surface area is 132 Å². The predicted octanol–water partition coefficient (Wildman–Crippen LogP) is 3.74. The minimum Gasteiger partial charge on any atom is -0.384 e. The van der Waals surface area contributed by atoms with Crippen molar-refractivity contribution < 1.29 is 9.90 Å². The summed E-state index contributed by atoms with van der Waals surface area (Å²) in [6.07, 6.45) is 0. The van der Waals surface area contributed by atoms with Gasteiger partial charge in [-0.25, -0.2) is 4.79 Å². The number of amides is 2. The maximum Gasteiger partial charge on any atom is 0.319 e. The average molecular weight is 325 g/mol. The van der Waals surface area contributed by atoms with E-state index in [2.05, 4.69) is 10.6 Å². The van der Waals surface area contributed by atoms with E-state index in [4.69, 9.17) is 11.6 Å². The zero-order valence-electron chi connectivity index (χ0n) is 11.8. The van der Waals surface area contributed by atoms with Gasteiger partial charge < -0.3 is 15.7 Å². The molecule has 1 aromatic heterocycles. The van der Waals surface area contributed by atoms with Gasteiger partial charge in [-0.05, 0) is 53.9 Å². The molecule has 2 amide bonds. The summed E-state index contributed by atoms with van der Waals surface area (Å²) in [4.78, 5) is 11.9. The standard InChI is InChI=1S/C15H17ClN2O2S/c1-10-12(16)4-3-5-13(10)18-14(19)17-9-15(2,20)11-6-7-21-8-11/h3-8,20H,9H2,1-2H3,(H2,17,18,19). The fourth-order valence-electron chi connectivity index (χ4n) is 1.83. The van der Waals surface area contributed by atoms with Crippen LogP contribution < -0.4 is 10.6 Å². The fourth-order valence-corrected chi connectivity index (χ4v) is 2.79. The number of aliphatic hydroxyl groups is 1. The first-order valence-electron chi connectivity index (χ1n) is 6.45. The van der Waals surface area contributed by atoms with E-state index in [-0.39, 0.29) is 12.6 Å². The SMILES string of the molecule is Cc1c(Cl)cccc1NC(=O)NCC(C)(O)c1ccsc1. The lowest BCUT2D eigenvalue weighted by molar-refractivity contribution is 0.0604. The molecule has 0 aliphatic carbocycles. The van der Waals surface area contributed by atoms with Crippen molar-refractivity contribution in [3.05, 3.63) is 51.2 Å². The topological polar surface area (TPSA) is 61.4 Å². The van der Waals surface area contributed by atoms with Crippen LogP contribution in [0.3, 0.4) is 0 Å². The van der Waals surface area contributed by atoms with E-state index < -0.39 is 5.60 Å². The zero-order chi connectivity index (χ0) is 15.5. The van der Waals surface area contributed by atoms with Crippen LogP contribution in [0.15, 0.2) is 35.0 Å². The second-order valence-electron chi connectivity index (χ2n) is 5.01. The number of halogens is 1. The van der Waals surface area contributed by atoms with Crippen LogP contribution in [0.25, 0.3) is 0 Å². The predicted molar refractivity (Wildman–Crippen MR) is 87.1 cm³/mol. The summed E-state index contributed by atoms with van der Waals surface area (Å²) < 4.78 is 0. The monoisotopic (exact) mass is 324 g/mol. The van der Waals surface area contributed by atoms with Crippen LogP contribution in [0.1, 0.15) is 18.1 Å². The summed E-state index contributed by atoms with van der Waals surface area (Å²) in [5.41, 5.74) is 1.14. The Bertz CT molecular complexity index is 627. The van der Waals surface area contributed by atoms with Crippen molar-refractivity contribution in [3.8, 4) is 0 Å². The molecule has 0 spiro atoms. The van der Waals surface area contributed by atoms with Crippen LogP contribution in [-0.4, -0.2) is 17.7 Å². The highest BCUT2D eigenvalue weighted by Gasteiger charge is 2.24. The van der Waals surface area contributed by atoms with Gasteiger partial charge in [-0.2, -0.15) is 11.3 Å². The summed E-state index contributed by atoms with van der Waals surface area (Å²) in [5, 5.41) is 20.1. The van der Waals surface area contributed by atoms with Crippen LogP contribution >= 0.6 is 22.9 Å². The molecule has 1 heterocycles. The molecule has 0 saturated carbocycles. The highest BCUT2D eigenvalue weighted by molar-refractivity contribution is 7.08. The summed E-state index contributed by atoms with van der Waals surface area (Å²) in [6.45, 7) is 3.62. The Morgan fingerprint density at radius 2 is 2.19 bits per heavy atom. The lowest BCUT2D eigenvalue weighted by Gasteiger charge is -2.23. The summed E-state index contributed by atoms with van der Waals surface area (Å²) in [6, 6.07) is 6.77. The van der Waals surface area contributed by atoms with Crippen molar-refractivity contribution in [2.24, 2.45) is 0 Å². The number of hydrogen-bond acceptors (Lipinski definition) is 3. The summed E-state index contributed by atoms with van der Waals surface area (Å²) >= 11 is 7.51. The molecule has 0 saturated heterocycles. The van der Waals surface area contributed by atoms with Gasteiger partial charge in [0, 0.05) is 10.7 Å². The number of nitrogens with one attached hydrogen (secondary N) is 2. The van der Waals surface area contributed by atoms with Gasteiger partial charge in [0.2, 0.25) is 0 Å². The third kappa shape index (κ3) is 3.97. The molecule has 1 aromatic carbocycles. The van der Waals surface area contributed by atoms with E-state index in [9.17, 15) is 9.90 Å². The first kappa shape index (κ1) is 15.8. The lowest BCUT2D eigenvalue weighted by Crippen LogP contribution is -2.40. The third-order valence-corrected chi connectivity index (χ3v) is 4.34. The van der Waals surface area contributed by atoms with Gasteiger partial charge in [-0.15, -0.1) is 0 Å². The van der Waals surface area contributed by atoms with E-state index >= 15 is 0 Å². The van der Waals surface area contributed by atoms with Crippen molar-refractivity contribution in [1.29, 1.82) is 0 Å². The van der Waals surface area contributed by atoms with Gasteiger partial charge >= 0.3 is 6.03 Å². The Morgan fingerprint density at radius 1 is 1.43 bits per heavy atom. The van der Waals surface area contributed by atoms with E-state index in [0.717, 1.165) is 11.1 Å². The van der Waals surface area contributed by atoms with E-state index in [0.29, 0.717) is 10.7 Å². The Kier molecular flexibility index (Phi) is 4.88. The minimum atomic E-state index is -1.10. The molecule has 0 bridgehead atoms. The lowest BCUT2D eigenvalue weighted by atomic mass is 9.99. The molecule has 1 unspecified atom stereocenters. The molecule has 0 aliphatic heterocycles. The third-order valence-electron chi connectivity index (χ3n) is 3.25. The van der Waals surface area contributed by atoms with E-state index in [1.807, 2.05) is 23.8 Å². The van der Waals surface area contributed by atoms with Crippen LogP contribution in [0.4, 0.5) is 10.5 Å². The molecule has 1 atom stereocenters. The maximum atomic E-state index is 11.9. The molecule has 21 heavy (non-hydrogen) atoms. The van der Waals surface area contributed by atoms with Crippen LogP contribution in [0.2, 0.25) is 5.02 Å². The molecule has 2 rings (SSSR count). The number of hydrogen-bond donors (Lipinski definition) is 3. The Balaban J connectivity index is 1.95. The van der Waals surface area contributed by atoms with Gasteiger partial charge in [-0.3, -0.25) is 0 Å². The van der Waals surface area contributed by atoms with Crippen molar-refractivity contribution in [2.45, 2.75) is 19.4 Å². The number of thiophene rings is 1. The second-order valence-corrected chi connectivity index (χ2v) is 6.19. The van der Waals surface area contributed by atoms with Gasteiger partial charge in [0.15, 0.2) is 0 Å². The molecule has 3 N–H and O–H groups in total. The average Bonchev–Trinajstić information content (AvgIpc) is 2.97. The molecule has 6 heteroatoms. The first-order valence-corrected chi connectivity index (χ1v) is 7.77. The minimum absolute atomic E-state index is 0.120. The number of carbonyl (C=O) groups excluding carboxylic acids is 1. The van der Waals surface area contributed by atoms with Gasteiger partial charge in [0.25, 0.3) is 0 Å². The molecule has 4 nitrogen and oxygen atoms in total. The molecular weight excluding hydrogens is 308 g/mol. The smallest absolute Gasteiger partial charge is 0.319 e. The summed E-state index contributed by atoms with van der Waals surface area (Å²) in [7, 11) is 0. The number of urea groups is 1. The number of anilines is 1. The van der Waals surface area contributed by atoms with Crippen molar-refractivity contribution in [2.75, 3.05) is 11.9 Å². The zero-order valence-corrected chi connectivity index (χ0v) is 13.4. The largest absolute Gasteiger partial charge is 0.384 e. The first-order chi connectivity index (χ1) is 9.90. The number of carbonyl (C=O) groups is 1. The van der Waals surface area contributed by atoms with Crippen molar-refractivity contribution >= 4 is 34.7 Å². The van der Waals surface area contributed by atoms with Gasteiger partial charge in [-0.1, -0.05) is 17.7 Å². The second kappa shape index (κ2) is 6.47. The fraction of sp³-hybridized carbons (Fsp3) is 0.267.